The van der Waals surface area contributed by atoms with E-state index in [1.807, 2.05) is 6.92 Å². The van der Waals surface area contributed by atoms with Crippen LogP contribution in [0.2, 0.25) is 0 Å². The molecule has 9 nitrogen and oxygen atoms in total. The van der Waals surface area contributed by atoms with E-state index in [-0.39, 0.29) is 18.2 Å². The molecule has 142 valence electrons. The molecule has 2 rings (SSSR count). The zero-order valence-electron chi connectivity index (χ0n) is 14.5. The number of hydrogen-bond donors (Lipinski definition) is 6. The highest BCUT2D eigenvalue weighted by atomic mass is 16.7. The van der Waals surface area contributed by atoms with Crippen LogP contribution in [-0.4, -0.2) is 85.3 Å². The number of aliphatic hydroxyl groups is 2. The van der Waals surface area contributed by atoms with Crippen molar-refractivity contribution in [3.63, 3.8) is 0 Å². The minimum absolute atomic E-state index is 0.151. The van der Waals surface area contributed by atoms with Crippen molar-refractivity contribution in [2.75, 3.05) is 14.2 Å². The Morgan fingerprint density at radius 2 is 1.83 bits per heavy atom. The van der Waals surface area contributed by atoms with Gasteiger partial charge in [0.15, 0.2) is 6.29 Å². The minimum Gasteiger partial charge on any atom is -0.389 e. The van der Waals surface area contributed by atoms with Crippen molar-refractivity contribution in [2.45, 2.75) is 80.7 Å². The third kappa shape index (κ3) is 3.90. The van der Waals surface area contributed by atoms with Crippen LogP contribution in [0.3, 0.4) is 0 Å². The highest BCUT2D eigenvalue weighted by Gasteiger charge is 2.50. The fraction of sp³-hybridized carbons (Fsp3) is 1.00. The Morgan fingerprint density at radius 1 is 1.17 bits per heavy atom. The van der Waals surface area contributed by atoms with Gasteiger partial charge in [-0.2, -0.15) is 0 Å². The second kappa shape index (κ2) is 8.35. The van der Waals surface area contributed by atoms with Crippen LogP contribution < -0.4 is 22.5 Å². The lowest BCUT2D eigenvalue weighted by Gasteiger charge is -2.47. The maximum atomic E-state index is 10.6. The lowest BCUT2D eigenvalue weighted by molar-refractivity contribution is -0.262. The average molecular weight is 348 g/mol. The molecule has 0 aromatic rings. The number of aliphatic hydroxyl groups excluding tert-OH is 2. The molecule has 9 N–H and O–H groups in total. The van der Waals surface area contributed by atoms with E-state index in [2.05, 4.69) is 5.32 Å². The fourth-order valence-electron chi connectivity index (χ4n) is 3.55. The van der Waals surface area contributed by atoms with Crippen LogP contribution in [0.5, 0.6) is 0 Å². The smallest absolute Gasteiger partial charge is 0.173 e. The van der Waals surface area contributed by atoms with Gasteiger partial charge in [-0.15, -0.1) is 0 Å². The summed E-state index contributed by atoms with van der Waals surface area (Å²) in [4.78, 5) is 0. The van der Waals surface area contributed by atoms with Gasteiger partial charge in [0.05, 0.1) is 36.4 Å². The first kappa shape index (κ1) is 20.0. The Bertz CT molecular complexity index is 402. The van der Waals surface area contributed by atoms with Crippen molar-refractivity contribution in [3.05, 3.63) is 0 Å². The lowest BCUT2D eigenvalue weighted by atomic mass is 9.81. The van der Waals surface area contributed by atoms with Gasteiger partial charge in [0.2, 0.25) is 0 Å². The first-order chi connectivity index (χ1) is 11.3. The number of nitrogens with two attached hydrogens (primary N) is 3. The maximum absolute atomic E-state index is 10.6. The highest BCUT2D eigenvalue weighted by molar-refractivity contribution is 5.05. The largest absolute Gasteiger partial charge is 0.389 e. The van der Waals surface area contributed by atoms with Gasteiger partial charge < -0.3 is 46.9 Å². The van der Waals surface area contributed by atoms with Crippen LogP contribution in [0.4, 0.5) is 0 Å². The van der Waals surface area contributed by atoms with E-state index in [1.54, 1.807) is 7.05 Å². The molecule has 6 unspecified atom stereocenters. The molecule has 9 heteroatoms. The van der Waals surface area contributed by atoms with Gasteiger partial charge >= 0.3 is 0 Å². The second-order valence-electron chi connectivity index (χ2n) is 6.82. The molecule has 0 aromatic carbocycles. The number of methoxy groups -OCH3 is 1. The number of hydrogen-bond acceptors (Lipinski definition) is 9. The van der Waals surface area contributed by atoms with Crippen LogP contribution in [-0.2, 0) is 14.2 Å². The van der Waals surface area contributed by atoms with Gasteiger partial charge in [0.25, 0.3) is 0 Å². The van der Waals surface area contributed by atoms with E-state index in [0.29, 0.717) is 6.42 Å². The molecule has 1 aliphatic carbocycles. The summed E-state index contributed by atoms with van der Waals surface area (Å²) in [5, 5.41) is 24.0. The van der Waals surface area contributed by atoms with Crippen LogP contribution >= 0.6 is 0 Å². The molecule has 1 aliphatic heterocycles. The second-order valence-corrected chi connectivity index (χ2v) is 6.82. The summed E-state index contributed by atoms with van der Waals surface area (Å²) in [5.41, 5.74) is 18.1. The topological polar surface area (TPSA) is 158 Å². The quantitative estimate of drug-likeness (QED) is 0.309. The van der Waals surface area contributed by atoms with Crippen molar-refractivity contribution >= 4 is 0 Å². The number of nitrogens with one attached hydrogen (secondary N) is 1. The standard InChI is InChI=1S/C15H32N4O5/c1-6(16)8-5-4-7(17)15(23-8)24-13-9(18)11(20)14(22-3)10(19-2)12(13)21/h6-15,19-21H,4-5,16-18H2,1-3H3/t6-,7+,8-,9?,10?,11?,12?,13?,14?,15+/m0/s1. The van der Waals surface area contributed by atoms with E-state index >= 15 is 0 Å². The summed E-state index contributed by atoms with van der Waals surface area (Å²) in [6.07, 6.45) is -2.90. The van der Waals surface area contributed by atoms with Gasteiger partial charge in [-0.25, -0.2) is 0 Å². The van der Waals surface area contributed by atoms with Crippen molar-refractivity contribution in [2.24, 2.45) is 17.2 Å². The SMILES string of the molecule is CNC1C(O)C(O[C@H]2O[C@H]([C@H](C)N)CC[C@H]2N)C(N)C(O)C1OC. The van der Waals surface area contributed by atoms with Crippen LogP contribution in [0.25, 0.3) is 0 Å². The summed E-state index contributed by atoms with van der Waals surface area (Å²) in [6.45, 7) is 1.86. The van der Waals surface area contributed by atoms with Gasteiger partial charge in [0, 0.05) is 13.2 Å². The molecule has 0 bridgehead atoms. The molecule has 10 atom stereocenters. The Balaban J connectivity index is 2.11. The highest BCUT2D eigenvalue weighted by Crippen LogP contribution is 2.28. The van der Waals surface area contributed by atoms with E-state index in [9.17, 15) is 10.2 Å². The van der Waals surface area contributed by atoms with Crippen molar-refractivity contribution in [3.8, 4) is 0 Å². The first-order valence-corrected chi connectivity index (χ1v) is 8.45. The molecule has 24 heavy (non-hydrogen) atoms. The lowest BCUT2D eigenvalue weighted by Crippen LogP contribution is -2.71. The zero-order valence-corrected chi connectivity index (χ0v) is 14.5. The summed E-state index contributed by atoms with van der Waals surface area (Å²) in [6, 6.07) is -1.85. The van der Waals surface area contributed by atoms with Crippen LogP contribution in [0.1, 0.15) is 19.8 Å². The summed E-state index contributed by atoms with van der Waals surface area (Å²) >= 11 is 0. The molecule has 0 amide bonds. The Labute approximate surface area is 142 Å². The third-order valence-electron chi connectivity index (χ3n) is 5.10. The van der Waals surface area contributed by atoms with Crippen molar-refractivity contribution in [1.82, 2.24) is 5.32 Å². The van der Waals surface area contributed by atoms with Crippen LogP contribution in [0.15, 0.2) is 0 Å². The zero-order chi connectivity index (χ0) is 18.0. The monoisotopic (exact) mass is 348 g/mol. The molecule has 0 spiro atoms. The molecule has 0 radical (unpaired) electrons. The molecule has 0 aromatic heterocycles. The molecule has 2 aliphatic rings. The first-order valence-electron chi connectivity index (χ1n) is 8.45. The van der Waals surface area contributed by atoms with E-state index in [1.165, 1.54) is 7.11 Å². The number of ether oxygens (including phenoxy) is 3. The molecule has 1 heterocycles. The van der Waals surface area contributed by atoms with Crippen molar-refractivity contribution in [1.29, 1.82) is 0 Å². The molecule has 1 saturated carbocycles. The number of rotatable bonds is 5. The molecule has 1 saturated heterocycles. The molecular formula is C15H32N4O5. The Morgan fingerprint density at radius 3 is 2.38 bits per heavy atom. The Hall–Kier alpha value is -0.360. The fourth-order valence-corrected chi connectivity index (χ4v) is 3.55. The van der Waals surface area contributed by atoms with Crippen LogP contribution in [0, 0.1) is 0 Å². The predicted molar refractivity (Wildman–Crippen MR) is 88.0 cm³/mol. The normalized spacial score (nSPS) is 48.2. The van der Waals surface area contributed by atoms with Gasteiger partial charge in [0.1, 0.15) is 12.2 Å². The van der Waals surface area contributed by atoms with E-state index < -0.39 is 42.8 Å². The number of likely N-dealkylation sites (N-methyl/N-ethyl adjacent to an activating group) is 1. The third-order valence-corrected chi connectivity index (χ3v) is 5.10. The summed E-state index contributed by atoms with van der Waals surface area (Å²) in [7, 11) is 3.14. The van der Waals surface area contributed by atoms with Crippen molar-refractivity contribution < 1.29 is 24.4 Å². The molecular weight excluding hydrogens is 316 g/mol. The van der Waals surface area contributed by atoms with E-state index in [0.717, 1.165) is 6.42 Å². The predicted octanol–water partition coefficient (Wildman–Crippen LogP) is -2.78. The van der Waals surface area contributed by atoms with Gasteiger partial charge in [-0.05, 0) is 26.8 Å². The Kier molecular flexibility index (Phi) is 6.94. The maximum Gasteiger partial charge on any atom is 0.173 e. The van der Waals surface area contributed by atoms with Gasteiger partial charge in [-0.1, -0.05) is 0 Å². The molecule has 2 fully saturated rings. The summed E-state index contributed by atoms with van der Waals surface area (Å²) < 4.78 is 17.0. The van der Waals surface area contributed by atoms with E-state index in [4.69, 9.17) is 31.4 Å². The average Bonchev–Trinajstić information content (AvgIpc) is 2.55. The minimum atomic E-state index is -0.995. The summed E-state index contributed by atoms with van der Waals surface area (Å²) in [5.74, 6) is 0. The van der Waals surface area contributed by atoms with Gasteiger partial charge in [-0.3, -0.25) is 0 Å².